The number of pyridine rings is 1. The number of nitrogens with one attached hydrogen (secondary N) is 1. The molecular weight excluding hydrogens is 295 g/mol. The van der Waals surface area contributed by atoms with Crippen molar-refractivity contribution >= 4 is 22.9 Å². The minimum absolute atomic E-state index is 0.168. The molecular formula is C11H8F3N3O2S. The van der Waals surface area contributed by atoms with E-state index >= 15 is 0 Å². The van der Waals surface area contributed by atoms with Crippen LogP contribution >= 0.6 is 11.3 Å². The van der Waals surface area contributed by atoms with Gasteiger partial charge in [-0.15, -0.1) is 11.3 Å². The number of amides is 1. The van der Waals surface area contributed by atoms with E-state index in [0.29, 0.717) is 11.3 Å². The first-order valence-electron chi connectivity index (χ1n) is 5.23. The first kappa shape index (κ1) is 14.3. The van der Waals surface area contributed by atoms with Crippen LogP contribution in [0.25, 0.3) is 0 Å². The fourth-order valence-electron chi connectivity index (χ4n) is 1.44. The Morgan fingerprint density at radius 2 is 2.20 bits per heavy atom. The van der Waals surface area contributed by atoms with Crippen LogP contribution in [0.5, 0.6) is 5.75 Å². The molecule has 9 heteroatoms. The van der Waals surface area contributed by atoms with Gasteiger partial charge >= 0.3 is 6.18 Å². The van der Waals surface area contributed by atoms with Gasteiger partial charge < -0.3 is 10.1 Å². The van der Waals surface area contributed by atoms with E-state index in [0.717, 1.165) is 5.51 Å². The second-order valence-corrected chi connectivity index (χ2v) is 4.41. The lowest BCUT2D eigenvalue weighted by molar-refractivity contribution is -0.134. The highest BCUT2D eigenvalue weighted by molar-refractivity contribution is 7.10. The third kappa shape index (κ3) is 2.87. The van der Waals surface area contributed by atoms with Gasteiger partial charge in [0.15, 0.2) is 5.69 Å². The fourth-order valence-corrected chi connectivity index (χ4v) is 2.10. The maximum Gasteiger partial charge on any atom is 0.427 e. The van der Waals surface area contributed by atoms with E-state index in [1.807, 2.05) is 0 Å². The van der Waals surface area contributed by atoms with Gasteiger partial charge in [0.05, 0.1) is 18.8 Å². The van der Waals surface area contributed by atoms with Gasteiger partial charge in [-0.25, -0.2) is 4.98 Å². The number of methoxy groups -OCH3 is 1. The van der Waals surface area contributed by atoms with Crippen molar-refractivity contribution in [3.63, 3.8) is 0 Å². The summed E-state index contributed by atoms with van der Waals surface area (Å²) in [5.41, 5.74) is 0.465. The summed E-state index contributed by atoms with van der Waals surface area (Å²) < 4.78 is 43.0. The lowest BCUT2D eigenvalue weighted by Gasteiger charge is -2.09. The number of carbonyl (C=O) groups excluding carboxylic acids is 1. The molecule has 0 aliphatic carbocycles. The van der Waals surface area contributed by atoms with Gasteiger partial charge in [0, 0.05) is 12.3 Å². The van der Waals surface area contributed by atoms with Gasteiger partial charge in [-0.05, 0) is 0 Å². The van der Waals surface area contributed by atoms with Crippen molar-refractivity contribution in [1.29, 1.82) is 0 Å². The summed E-state index contributed by atoms with van der Waals surface area (Å²) in [6.07, 6.45) is -1.91. The van der Waals surface area contributed by atoms with Crippen molar-refractivity contribution in [3.05, 3.63) is 34.5 Å². The molecule has 2 rings (SSSR count). The normalized spacial score (nSPS) is 11.2. The highest BCUT2D eigenvalue weighted by atomic mass is 32.1. The lowest BCUT2D eigenvalue weighted by Crippen LogP contribution is -2.18. The molecule has 1 N–H and O–H groups in total. The molecule has 0 radical (unpaired) electrons. The van der Waals surface area contributed by atoms with E-state index in [9.17, 15) is 18.0 Å². The predicted octanol–water partition coefficient (Wildman–Crippen LogP) is 2.82. The zero-order chi connectivity index (χ0) is 14.8. The molecule has 0 bridgehead atoms. The van der Waals surface area contributed by atoms with Crippen LogP contribution < -0.4 is 10.1 Å². The zero-order valence-corrected chi connectivity index (χ0v) is 10.9. The highest BCUT2D eigenvalue weighted by Gasteiger charge is 2.38. The first-order chi connectivity index (χ1) is 9.43. The maximum absolute atomic E-state index is 12.7. The van der Waals surface area contributed by atoms with Crippen molar-refractivity contribution in [2.24, 2.45) is 0 Å². The van der Waals surface area contributed by atoms with E-state index in [1.165, 1.54) is 25.6 Å². The van der Waals surface area contributed by atoms with Crippen LogP contribution in [-0.4, -0.2) is 23.0 Å². The van der Waals surface area contributed by atoms with Crippen LogP contribution in [0.1, 0.15) is 15.4 Å². The number of aromatic nitrogens is 2. The van der Waals surface area contributed by atoms with Crippen molar-refractivity contribution in [2.75, 3.05) is 12.4 Å². The standard InChI is InChI=1S/C11H8F3N3O2S/c1-19-7-2-3-15-4-6(7)17-10(18)8-9(11(12,13)14)20-5-16-8/h2-5H,1H3,(H,17,18). The number of halogens is 3. The lowest BCUT2D eigenvalue weighted by atomic mass is 10.3. The Labute approximate surface area is 115 Å². The third-order valence-electron chi connectivity index (χ3n) is 2.29. The SMILES string of the molecule is COc1ccncc1NC(=O)c1ncsc1C(F)(F)F. The van der Waals surface area contributed by atoms with Crippen LogP contribution in [0.4, 0.5) is 18.9 Å². The molecule has 2 aromatic heterocycles. The second-order valence-electron chi connectivity index (χ2n) is 3.56. The number of nitrogens with zero attached hydrogens (tertiary/aromatic N) is 2. The average Bonchev–Trinajstić information content (AvgIpc) is 2.88. The minimum atomic E-state index is -4.62. The largest absolute Gasteiger partial charge is 0.494 e. The predicted molar refractivity (Wildman–Crippen MR) is 65.9 cm³/mol. The van der Waals surface area contributed by atoms with E-state index in [4.69, 9.17) is 4.74 Å². The average molecular weight is 303 g/mol. The van der Waals surface area contributed by atoms with E-state index in [2.05, 4.69) is 15.3 Å². The van der Waals surface area contributed by atoms with Crippen LogP contribution in [0.2, 0.25) is 0 Å². The molecule has 0 atom stereocenters. The Morgan fingerprint density at radius 1 is 1.45 bits per heavy atom. The molecule has 0 saturated heterocycles. The molecule has 1 amide bonds. The van der Waals surface area contributed by atoms with E-state index < -0.39 is 22.7 Å². The number of thiazole rings is 1. The van der Waals surface area contributed by atoms with Gasteiger partial charge in [-0.2, -0.15) is 13.2 Å². The number of rotatable bonds is 3. The summed E-state index contributed by atoms with van der Waals surface area (Å²) in [6, 6.07) is 1.47. The molecule has 2 heterocycles. The molecule has 5 nitrogen and oxygen atoms in total. The Morgan fingerprint density at radius 3 is 2.85 bits per heavy atom. The van der Waals surface area contributed by atoms with Crippen LogP contribution in [-0.2, 0) is 6.18 Å². The van der Waals surface area contributed by atoms with E-state index in [1.54, 1.807) is 0 Å². The minimum Gasteiger partial charge on any atom is -0.494 e. The number of hydrogen-bond donors (Lipinski definition) is 1. The van der Waals surface area contributed by atoms with Crippen molar-refractivity contribution in [2.45, 2.75) is 6.18 Å². The molecule has 0 fully saturated rings. The highest BCUT2D eigenvalue weighted by Crippen LogP contribution is 2.35. The molecule has 0 spiro atoms. The second kappa shape index (κ2) is 5.45. The Bertz CT molecular complexity index is 627. The first-order valence-corrected chi connectivity index (χ1v) is 6.11. The van der Waals surface area contributed by atoms with Crippen LogP contribution in [0.3, 0.4) is 0 Å². The molecule has 0 saturated carbocycles. The Kier molecular flexibility index (Phi) is 3.89. The molecule has 0 aliphatic rings. The summed E-state index contributed by atoms with van der Waals surface area (Å²) in [7, 11) is 1.37. The fraction of sp³-hybridized carbons (Fsp3) is 0.182. The monoisotopic (exact) mass is 303 g/mol. The Balaban J connectivity index is 2.27. The van der Waals surface area contributed by atoms with Crippen molar-refractivity contribution < 1.29 is 22.7 Å². The van der Waals surface area contributed by atoms with Crippen molar-refractivity contribution in [3.8, 4) is 5.75 Å². The molecule has 0 unspecified atom stereocenters. The number of anilines is 1. The summed E-state index contributed by atoms with van der Waals surface area (Å²) in [5, 5.41) is 2.29. The summed E-state index contributed by atoms with van der Waals surface area (Å²) in [5.74, 6) is -0.679. The summed E-state index contributed by atoms with van der Waals surface area (Å²) in [6.45, 7) is 0. The van der Waals surface area contributed by atoms with Gasteiger partial charge in [0.25, 0.3) is 5.91 Å². The van der Waals surface area contributed by atoms with Gasteiger partial charge in [0.2, 0.25) is 0 Å². The smallest absolute Gasteiger partial charge is 0.427 e. The van der Waals surface area contributed by atoms with E-state index in [-0.39, 0.29) is 11.4 Å². The molecule has 0 aromatic carbocycles. The topological polar surface area (TPSA) is 64.1 Å². The third-order valence-corrected chi connectivity index (χ3v) is 3.16. The summed E-state index contributed by atoms with van der Waals surface area (Å²) >= 11 is 0.362. The van der Waals surface area contributed by atoms with Gasteiger partial charge in [-0.1, -0.05) is 0 Å². The maximum atomic E-state index is 12.7. The molecule has 20 heavy (non-hydrogen) atoms. The zero-order valence-electron chi connectivity index (χ0n) is 10.1. The summed E-state index contributed by atoms with van der Waals surface area (Å²) in [4.78, 5) is 18.0. The Hall–Kier alpha value is -2.16. The van der Waals surface area contributed by atoms with Crippen molar-refractivity contribution in [1.82, 2.24) is 9.97 Å². The van der Waals surface area contributed by atoms with Gasteiger partial charge in [-0.3, -0.25) is 9.78 Å². The number of alkyl halides is 3. The number of hydrogen-bond acceptors (Lipinski definition) is 5. The number of ether oxygens (including phenoxy) is 1. The van der Waals surface area contributed by atoms with Crippen LogP contribution in [0, 0.1) is 0 Å². The molecule has 106 valence electrons. The van der Waals surface area contributed by atoms with Crippen LogP contribution in [0.15, 0.2) is 24.0 Å². The molecule has 0 aliphatic heterocycles. The quantitative estimate of drug-likeness (QED) is 0.947. The van der Waals surface area contributed by atoms with Gasteiger partial charge in [0.1, 0.15) is 16.3 Å². The molecule has 2 aromatic rings. The number of carbonyl (C=O) groups is 1.